The van der Waals surface area contributed by atoms with Crippen LogP contribution in [-0.2, 0) is 11.8 Å². The molecule has 3 aromatic rings. The van der Waals surface area contributed by atoms with Crippen LogP contribution < -0.4 is 10.6 Å². The summed E-state index contributed by atoms with van der Waals surface area (Å²) in [5, 5.41) is 6.09. The lowest BCUT2D eigenvalue weighted by Gasteiger charge is -2.19. The standard InChI is InChI=1S/C24H26FN3O/c1-24(2,3)19-8-6-18(7-9-19)23(29)28-21-12-13-22(27-16-21)26-15-14-17-4-10-20(25)11-5-17/h4-13,16H,14-15H2,1-3H3,(H,26,27)(H,28,29). The van der Waals surface area contributed by atoms with Gasteiger partial charge in [0.25, 0.3) is 5.91 Å². The van der Waals surface area contributed by atoms with E-state index >= 15 is 0 Å². The Bertz CT molecular complexity index is 943. The Morgan fingerprint density at radius 3 is 2.24 bits per heavy atom. The molecule has 0 atom stereocenters. The third kappa shape index (κ3) is 5.88. The van der Waals surface area contributed by atoms with E-state index in [4.69, 9.17) is 0 Å². The lowest BCUT2D eigenvalue weighted by atomic mass is 9.87. The molecule has 3 rings (SSSR count). The Kier molecular flexibility index (Phi) is 6.27. The van der Waals surface area contributed by atoms with E-state index in [-0.39, 0.29) is 17.1 Å². The molecular formula is C24H26FN3O. The highest BCUT2D eigenvalue weighted by molar-refractivity contribution is 6.04. The molecule has 0 spiro atoms. The highest BCUT2D eigenvalue weighted by Crippen LogP contribution is 2.22. The molecule has 150 valence electrons. The van der Waals surface area contributed by atoms with Gasteiger partial charge in [-0.1, -0.05) is 45.0 Å². The third-order valence-electron chi connectivity index (χ3n) is 4.67. The molecule has 0 fully saturated rings. The number of nitrogens with one attached hydrogen (secondary N) is 2. The minimum absolute atomic E-state index is 0.0540. The summed E-state index contributed by atoms with van der Waals surface area (Å²) >= 11 is 0. The van der Waals surface area contributed by atoms with Gasteiger partial charge in [-0.2, -0.15) is 0 Å². The number of benzene rings is 2. The molecule has 0 saturated carbocycles. The van der Waals surface area contributed by atoms with Gasteiger partial charge in [-0.05, 0) is 59.4 Å². The fourth-order valence-electron chi connectivity index (χ4n) is 2.88. The maximum Gasteiger partial charge on any atom is 0.255 e. The lowest BCUT2D eigenvalue weighted by molar-refractivity contribution is 0.102. The number of carbonyl (C=O) groups is 1. The maximum atomic E-state index is 12.9. The number of amides is 1. The van der Waals surface area contributed by atoms with Gasteiger partial charge in [0.2, 0.25) is 0 Å². The van der Waals surface area contributed by atoms with Crippen LogP contribution in [0.15, 0.2) is 66.9 Å². The Morgan fingerprint density at radius 2 is 1.66 bits per heavy atom. The van der Waals surface area contributed by atoms with Crippen molar-refractivity contribution in [1.82, 2.24) is 4.98 Å². The van der Waals surface area contributed by atoms with E-state index in [0.29, 0.717) is 17.8 Å². The molecule has 1 heterocycles. The van der Waals surface area contributed by atoms with Gasteiger partial charge in [0.1, 0.15) is 11.6 Å². The van der Waals surface area contributed by atoms with Crippen molar-refractivity contribution in [3.05, 3.63) is 89.4 Å². The molecule has 5 heteroatoms. The van der Waals surface area contributed by atoms with Crippen molar-refractivity contribution in [2.75, 3.05) is 17.2 Å². The van der Waals surface area contributed by atoms with Crippen LogP contribution in [0.1, 0.15) is 42.3 Å². The summed E-state index contributed by atoms with van der Waals surface area (Å²) in [7, 11) is 0. The first-order valence-electron chi connectivity index (χ1n) is 9.67. The SMILES string of the molecule is CC(C)(C)c1ccc(C(=O)Nc2ccc(NCCc3ccc(F)cc3)nc2)cc1. The second-order valence-electron chi connectivity index (χ2n) is 8.02. The Balaban J connectivity index is 1.51. The number of hydrogen-bond donors (Lipinski definition) is 2. The third-order valence-corrected chi connectivity index (χ3v) is 4.67. The van der Waals surface area contributed by atoms with E-state index < -0.39 is 0 Å². The van der Waals surface area contributed by atoms with Crippen molar-refractivity contribution in [1.29, 1.82) is 0 Å². The van der Waals surface area contributed by atoms with Crippen molar-refractivity contribution in [2.24, 2.45) is 0 Å². The van der Waals surface area contributed by atoms with Crippen LogP contribution in [0.4, 0.5) is 15.9 Å². The largest absolute Gasteiger partial charge is 0.370 e. The predicted octanol–water partition coefficient (Wildman–Crippen LogP) is 5.43. The fourth-order valence-corrected chi connectivity index (χ4v) is 2.88. The van der Waals surface area contributed by atoms with Gasteiger partial charge in [-0.15, -0.1) is 0 Å². The smallest absolute Gasteiger partial charge is 0.255 e. The van der Waals surface area contributed by atoms with Crippen molar-refractivity contribution in [3.63, 3.8) is 0 Å². The second-order valence-corrected chi connectivity index (χ2v) is 8.02. The quantitative estimate of drug-likeness (QED) is 0.589. The monoisotopic (exact) mass is 391 g/mol. The topological polar surface area (TPSA) is 54.0 Å². The van der Waals surface area contributed by atoms with Crippen LogP contribution in [0, 0.1) is 5.82 Å². The summed E-state index contributed by atoms with van der Waals surface area (Å²) in [4.78, 5) is 16.8. The summed E-state index contributed by atoms with van der Waals surface area (Å²) in [6.45, 7) is 7.11. The zero-order valence-corrected chi connectivity index (χ0v) is 17.0. The van der Waals surface area contributed by atoms with Crippen LogP contribution in [0.3, 0.4) is 0 Å². The van der Waals surface area contributed by atoms with Crippen molar-refractivity contribution < 1.29 is 9.18 Å². The highest BCUT2D eigenvalue weighted by atomic mass is 19.1. The van der Waals surface area contributed by atoms with E-state index in [1.807, 2.05) is 36.4 Å². The van der Waals surface area contributed by atoms with Gasteiger partial charge in [0.05, 0.1) is 11.9 Å². The average Bonchev–Trinajstić information content (AvgIpc) is 2.70. The second kappa shape index (κ2) is 8.86. The molecule has 2 aromatic carbocycles. The van der Waals surface area contributed by atoms with Gasteiger partial charge >= 0.3 is 0 Å². The first-order chi connectivity index (χ1) is 13.8. The molecule has 0 saturated heterocycles. The molecule has 0 radical (unpaired) electrons. The normalized spacial score (nSPS) is 11.2. The number of hydrogen-bond acceptors (Lipinski definition) is 3. The van der Waals surface area contributed by atoms with Crippen LogP contribution in [0.5, 0.6) is 0 Å². The van der Waals surface area contributed by atoms with E-state index in [9.17, 15) is 9.18 Å². The van der Waals surface area contributed by atoms with Crippen LogP contribution >= 0.6 is 0 Å². The molecule has 0 unspecified atom stereocenters. The molecule has 0 aliphatic rings. The van der Waals surface area contributed by atoms with Crippen LogP contribution in [0.25, 0.3) is 0 Å². The number of pyridine rings is 1. The summed E-state index contributed by atoms with van der Waals surface area (Å²) < 4.78 is 12.9. The van der Waals surface area contributed by atoms with Gasteiger partial charge < -0.3 is 10.6 Å². The van der Waals surface area contributed by atoms with E-state index in [2.05, 4.69) is 36.4 Å². The van der Waals surface area contributed by atoms with Gasteiger partial charge in [0.15, 0.2) is 0 Å². The molecule has 2 N–H and O–H groups in total. The Labute approximate surface area is 171 Å². The molecular weight excluding hydrogens is 365 g/mol. The van der Waals surface area contributed by atoms with Crippen molar-refractivity contribution in [3.8, 4) is 0 Å². The van der Waals surface area contributed by atoms with Gasteiger partial charge in [0, 0.05) is 12.1 Å². The molecule has 29 heavy (non-hydrogen) atoms. The van der Waals surface area contributed by atoms with Crippen molar-refractivity contribution in [2.45, 2.75) is 32.6 Å². The minimum atomic E-state index is -0.230. The zero-order chi connectivity index (χ0) is 20.9. The number of anilines is 2. The number of carbonyl (C=O) groups excluding carboxylic acids is 1. The first-order valence-corrected chi connectivity index (χ1v) is 9.67. The number of nitrogens with zero attached hydrogens (tertiary/aromatic N) is 1. The van der Waals surface area contributed by atoms with Gasteiger partial charge in [-0.25, -0.2) is 9.37 Å². The number of halogens is 1. The summed E-state index contributed by atoms with van der Waals surface area (Å²) in [6.07, 6.45) is 2.40. The summed E-state index contributed by atoms with van der Waals surface area (Å²) in [5.74, 6) is 0.329. The molecule has 0 aliphatic carbocycles. The summed E-state index contributed by atoms with van der Waals surface area (Å²) in [6, 6.07) is 17.8. The molecule has 1 amide bonds. The van der Waals surface area contributed by atoms with Gasteiger partial charge in [-0.3, -0.25) is 4.79 Å². The Morgan fingerprint density at radius 1 is 0.966 bits per heavy atom. The predicted molar refractivity (Wildman–Crippen MR) is 116 cm³/mol. The fraction of sp³-hybridized carbons (Fsp3) is 0.250. The lowest BCUT2D eigenvalue weighted by Crippen LogP contribution is -2.14. The molecule has 1 aromatic heterocycles. The summed E-state index contributed by atoms with van der Waals surface area (Å²) in [5.41, 5.74) is 3.55. The molecule has 4 nitrogen and oxygen atoms in total. The van der Waals surface area contributed by atoms with Crippen molar-refractivity contribution >= 4 is 17.4 Å². The average molecular weight is 391 g/mol. The Hall–Kier alpha value is -3.21. The maximum absolute atomic E-state index is 12.9. The molecule has 0 bridgehead atoms. The van der Waals surface area contributed by atoms with E-state index in [0.717, 1.165) is 17.8 Å². The number of aromatic nitrogens is 1. The molecule has 0 aliphatic heterocycles. The van der Waals surface area contributed by atoms with E-state index in [1.165, 1.54) is 17.7 Å². The first kappa shape index (κ1) is 20.5. The highest BCUT2D eigenvalue weighted by Gasteiger charge is 2.14. The van der Waals surface area contributed by atoms with Crippen LogP contribution in [-0.4, -0.2) is 17.4 Å². The van der Waals surface area contributed by atoms with E-state index in [1.54, 1.807) is 18.3 Å². The minimum Gasteiger partial charge on any atom is -0.370 e. The van der Waals surface area contributed by atoms with Crippen LogP contribution in [0.2, 0.25) is 0 Å². The zero-order valence-electron chi connectivity index (χ0n) is 17.0. The number of rotatable bonds is 6.